The minimum atomic E-state index is 0.0295. The zero-order chi connectivity index (χ0) is 14.5. The highest BCUT2D eigenvalue weighted by molar-refractivity contribution is 7.79. The SMILES string of the molecule is CCOc1cccc(-c2ccc(CS)c(=O)n2CC)c1. The summed E-state index contributed by atoms with van der Waals surface area (Å²) in [6, 6.07) is 11.6. The van der Waals surface area contributed by atoms with Crippen molar-refractivity contribution in [1.29, 1.82) is 0 Å². The molecule has 20 heavy (non-hydrogen) atoms. The van der Waals surface area contributed by atoms with Crippen LogP contribution in [0.5, 0.6) is 5.75 Å². The van der Waals surface area contributed by atoms with Crippen molar-refractivity contribution in [3.05, 3.63) is 52.3 Å². The lowest BCUT2D eigenvalue weighted by Gasteiger charge is -2.13. The molecule has 0 unspecified atom stereocenters. The van der Waals surface area contributed by atoms with E-state index in [4.69, 9.17) is 4.74 Å². The molecule has 2 aromatic rings. The Hall–Kier alpha value is -1.68. The summed E-state index contributed by atoms with van der Waals surface area (Å²) < 4.78 is 7.29. The molecule has 0 spiro atoms. The average molecular weight is 289 g/mol. The number of rotatable bonds is 5. The summed E-state index contributed by atoms with van der Waals surface area (Å²) >= 11 is 4.20. The summed E-state index contributed by atoms with van der Waals surface area (Å²) in [5.41, 5.74) is 2.65. The van der Waals surface area contributed by atoms with Crippen LogP contribution < -0.4 is 10.3 Å². The predicted octanol–water partition coefficient (Wildman–Crippen LogP) is 3.36. The lowest BCUT2D eigenvalue weighted by Crippen LogP contribution is -2.23. The Labute approximate surface area is 124 Å². The summed E-state index contributed by atoms with van der Waals surface area (Å²) in [6.07, 6.45) is 0. The molecule has 0 aliphatic heterocycles. The molecule has 0 aliphatic rings. The quantitative estimate of drug-likeness (QED) is 0.856. The molecule has 0 saturated carbocycles. The summed E-state index contributed by atoms with van der Waals surface area (Å²) in [6.45, 7) is 5.19. The largest absolute Gasteiger partial charge is 0.494 e. The molecule has 4 heteroatoms. The number of hydrogen-bond donors (Lipinski definition) is 1. The molecule has 0 radical (unpaired) electrons. The second-order valence-electron chi connectivity index (χ2n) is 4.41. The van der Waals surface area contributed by atoms with Crippen molar-refractivity contribution in [3.8, 4) is 17.0 Å². The normalized spacial score (nSPS) is 10.6. The summed E-state index contributed by atoms with van der Waals surface area (Å²) in [5, 5.41) is 0. The molecule has 1 aromatic heterocycles. The molecular formula is C16H19NO2S. The fraction of sp³-hybridized carbons (Fsp3) is 0.312. The fourth-order valence-corrected chi connectivity index (χ4v) is 2.46. The fourth-order valence-electron chi connectivity index (χ4n) is 2.22. The van der Waals surface area contributed by atoms with Gasteiger partial charge in [-0.3, -0.25) is 4.79 Å². The van der Waals surface area contributed by atoms with Gasteiger partial charge in [0, 0.05) is 23.4 Å². The van der Waals surface area contributed by atoms with E-state index in [9.17, 15) is 4.79 Å². The molecule has 0 saturated heterocycles. The van der Waals surface area contributed by atoms with Gasteiger partial charge in [0.25, 0.3) is 5.56 Å². The molecule has 1 aromatic carbocycles. The van der Waals surface area contributed by atoms with Crippen molar-refractivity contribution in [2.45, 2.75) is 26.1 Å². The predicted molar refractivity (Wildman–Crippen MR) is 85.7 cm³/mol. The van der Waals surface area contributed by atoms with Crippen LogP contribution in [0, 0.1) is 0 Å². The first-order valence-electron chi connectivity index (χ1n) is 6.78. The maximum Gasteiger partial charge on any atom is 0.255 e. The minimum Gasteiger partial charge on any atom is -0.494 e. The zero-order valence-corrected chi connectivity index (χ0v) is 12.7. The number of benzene rings is 1. The van der Waals surface area contributed by atoms with Crippen molar-refractivity contribution >= 4 is 12.6 Å². The molecule has 2 rings (SSSR count). The Morgan fingerprint density at radius 2 is 2.00 bits per heavy atom. The van der Waals surface area contributed by atoms with E-state index in [-0.39, 0.29) is 5.56 Å². The van der Waals surface area contributed by atoms with E-state index in [0.717, 1.165) is 22.6 Å². The standard InChI is InChI=1S/C16H19NO2S/c1-3-17-15(9-8-13(11-20)16(17)18)12-6-5-7-14(10-12)19-4-2/h5-10,20H,3-4,11H2,1-2H3. The van der Waals surface area contributed by atoms with E-state index in [1.165, 1.54) is 0 Å². The van der Waals surface area contributed by atoms with Crippen LogP contribution in [0.3, 0.4) is 0 Å². The minimum absolute atomic E-state index is 0.0295. The highest BCUT2D eigenvalue weighted by atomic mass is 32.1. The van der Waals surface area contributed by atoms with E-state index in [2.05, 4.69) is 12.6 Å². The van der Waals surface area contributed by atoms with Gasteiger partial charge in [-0.2, -0.15) is 12.6 Å². The second kappa shape index (κ2) is 6.66. The number of nitrogens with zero attached hydrogens (tertiary/aromatic N) is 1. The first-order valence-corrected chi connectivity index (χ1v) is 7.41. The third kappa shape index (κ3) is 2.90. The summed E-state index contributed by atoms with van der Waals surface area (Å²) in [4.78, 5) is 12.3. The number of pyridine rings is 1. The van der Waals surface area contributed by atoms with Crippen LogP contribution >= 0.6 is 12.6 Å². The van der Waals surface area contributed by atoms with E-state index in [1.807, 2.05) is 50.2 Å². The van der Waals surface area contributed by atoms with Crippen LogP contribution in [0.2, 0.25) is 0 Å². The van der Waals surface area contributed by atoms with Gasteiger partial charge in [-0.25, -0.2) is 0 Å². The highest BCUT2D eigenvalue weighted by Gasteiger charge is 2.09. The van der Waals surface area contributed by atoms with Gasteiger partial charge in [0.2, 0.25) is 0 Å². The second-order valence-corrected chi connectivity index (χ2v) is 4.73. The van der Waals surface area contributed by atoms with Crippen LogP contribution in [-0.2, 0) is 12.3 Å². The van der Waals surface area contributed by atoms with Gasteiger partial charge in [-0.15, -0.1) is 0 Å². The van der Waals surface area contributed by atoms with Gasteiger partial charge >= 0.3 is 0 Å². The van der Waals surface area contributed by atoms with E-state index in [0.29, 0.717) is 18.9 Å². The first kappa shape index (κ1) is 14.7. The Bertz CT molecular complexity index is 649. The van der Waals surface area contributed by atoms with E-state index < -0.39 is 0 Å². The molecular weight excluding hydrogens is 270 g/mol. The van der Waals surface area contributed by atoms with Gasteiger partial charge in [-0.05, 0) is 32.0 Å². The Kier molecular flexibility index (Phi) is 4.90. The third-order valence-corrected chi connectivity index (χ3v) is 3.52. The topological polar surface area (TPSA) is 31.2 Å². The van der Waals surface area contributed by atoms with Crippen molar-refractivity contribution in [1.82, 2.24) is 4.57 Å². The third-order valence-electron chi connectivity index (χ3n) is 3.18. The molecule has 0 amide bonds. The van der Waals surface area contributed by atoms with Crippen LogP contribution in [0.15, 0.2) is 41.2 Å². The van der Waals surface area contributed by atoms with Gasteiger partial charge in [0.1, 0.15) is 5.75 Å². The van der Waals surface area contributed by atoms with Crippen molar-refractivity contribution in [2.24, 2.45) is 0 Å². The van der Waals surface area contributed by atoms with Crippen LogP contribution in [-0.4, -0.2) is 11.2 Å². The van der Waals surface area contributed by atoms with Crippen LogP contribution in [0.4, 0.5) is 0 Å². The van der Waals surface area contributed by atoms with Crippen LogP contribution in [0.1, 0.15) is 19.4 Å². The van der Waals surface area contributed by atoms with Crippen LogP contribution in [0.25, 0.3) is 11.3 Å². The van der Waals surface area contributed by atoms with Gasteiger partial charge < -0.3 is 9.30 Å². The molecule has 0 bridgehead atoms. The number of hydrogen-bond acceptors (Lipinski definition) is 3. The maximum absolute atomic E-state index is 12.3. The maximum atomic E-state index is 12.3. The van der Waals surface area contributed by atoms with E-state index in [1.54, 1.807) is 4.57 Å². The summed E-state index contributed by atoms with van der Waals surface area (Å²) in [7, 11) is 0. The molecule has 1 heterocycles. The Morgan fingerprint density at radius 1 is 1.20 bits per heavy atom. The Balaban J connectivity index is 2.55. The van der Waals surface area contributed by atoms with Gasteiger partial charge in [-0.1, -0.05) is 18.2 Å². The number of ether oxygens (including phenoxy) is 1. The number of thiol groups is 1. The zero-order valence-electron chi connectivity index (χ0n) is 11.8. The highest BCUT2D eigenvalue weighted by Crippen LogP contribution is 2.23. The summed E-state index contributed by atoms with van der Waals surface area (Å²) in [5.74, 6) is 1.27. The molecule has 0 atom stereocenters. The Morgan fingerprint density at radius 3 is 2.65 bits per heavy atom. The molecule has 0 aliphatic carbocycles. The smallest absolute Gasteiger partial charge is 0.255 e. The molecule has 0 N–H and O–H groups in total. The van der Waals surface area contributed by atoms with Crippen molar-refractivity contribution in [2.75, 3.05) is 6.61 Å². The lowest BCUT2D eigenvalue weighted by molar-refractivity contribution is 0.340. The van der Waals surface area contributed by atoms with Gasteiger partial charge in [0.15, 0.2) is 0 Å². The number of aromatic nitrogens is 1. The molecule has 3 nitrogen and oxygen atoms in total. The monoisotopic (exact) mass is 289 g/mol. The lowest BCUT2D eigenvalue weighted by atomic mass is 10.1. The van der Waals surface area contributed by atoms with Crippen molar-refractivity contribution in [3.63, 3.8) is 0 Å². The first-order chi connectivity index (χ1) is 9.71. The molecule has 106 valence electrons. The average Bonchev–Trinajstić information content (AvgIpc) is 2.47. The van der Waals surface area contributed by atoms with Crippen molar-refractivity contribution < 1.29 is 4.74 Å². The van der Waals surface area contributed by atoms with Gasteiger partial charge in [0.05, 0.1) is 12.3 Å². The molecule has 0 fully saturated rings. The van der Waals surface area contributed by atoms with E-state index >= 15 is 0 Å².